The molecule has 0 aromatic heterocycles. The number of carbonyl (C=O) groups is 6. The summed E-state index contributed by atoms with van der Waals surface area (Å²) < 4.78 is 0. The quantitative estimate of drug-likeness (QED) is 0.204. The summed E-state index contributed by atoms with van der Waals surface area (Å²) in [6, 6.07) is 17.6. The Morgan fingerprint density at radius 2 is 1.33 bits per heavy atom. The van der Waals surface area contributed by atoms with Gasteiger partial charge in [0.05, 0.1) is 6.04 Å². The van der Waals surface area contributed by atoms with Crippen LogP contribution in [0.4, 0.5) is 0 Å². The highest BCUT2D eigenvalue weighted by Gasteiger charge is 2.33. The number of ketones is 4. The van der Waals surface area contributed by atoms with Gasteiger partial charge in [-0.2, -0.15) is 0 Å². The summed E-state index contributed by atoms with van der Waals surface area (Å²) in [7, 11) is 0. The zero-order valence-electron chi connectivity index (χ0n) is 27.9. The molecule has 3 rings (SSSR count). The lowest BCUT2D eigenvalue weighted by atomic mass is 9.83. The number of hydrogen-bond acceptors (Lipinski definition) is 7. The average molecular weight is 632 g/mol. The van der Waals surface area contributed by atoms with Crippen LogP contribution in [0.25, 0.3) is 0 Å². The van der Waals surface area contributed by atoms with E-state index in [-0.39, 0.29) is 49.1 Å². The maximum atomic E-state index is 13.4. The Balaban J connectivity index is 1.58. The second-order valence-electron chi connectivity index (χ2n) is 12.9. The van der Waals surface area contributed by atoms with Gasteiger partial charge in [-0.15, -0.1) is 0 Å². The summed E-state index contributed by atoms with van der Waals surface area (Å²) in [5.41, 5.74) is 1.40. The van der Waals surface area contributed by atoms with Crippen molar-refractivity contribution in [2.24, 2.45) is 17.8 Å². The topological polar surface area (TPSA) is 121 Å². The number of piperazine rings is 1. The van der Waals surface area contributed by atoms with E-state index in [0.29, 0.717) is 31.1 Å². The van der Waals surface area contributed by atoms with Crippen LogP contribution in [0.3, 0.4) is 0 Å². The summed E-state index contributed by atoms with van der Waals surface area (Å²) in [5, 5.41) is 2.77. The van der Waals surface area contributed by atoms with Crippen LogP contribution in [0.5, 0.6) is 0 Å². The molecule has 0 unspecified atom stereocenters. The van der Waals surface area contributed by atoms with Crippen molar-refractivity contribution in [2.75, 3.05) is 26.2 Å². The second kappa shape index (κ2) is 17.6. The lowest BCUT2D eigenvalue weighted by Gasteiger charge is -2.37. The molecule has 9 nitrogen and oxygen atoms in total. The Labute approximate surface area is 273 Å². The van der Waals surface area contributed by atoms with E-state index >= 15 is 0 Å². The molecule has 1 saturated heterocycles. The number of rotatable bonds is 17. The molecule has 1 heterocycles. The van der Waals surface area contributed by atoms with E-state index in [9.17, 15) is 28.8 Å². The number of nitrogens with zero attached hydrogens (tertiary/aromatic N) is 2. The molecule has 2 amide bonds. The number of amides is 2. The van der Waals surface area contributed by atoms with Gasteiger partial charge in [-0.05, 0) is 38.7 Å². The maximum Gasteiger partial charge on any atom is 0.224 e. The summed E-state index contributed by atoms with van der Waals surface area (Å²) in [4.78, 5) is 82.6. The van der Waals surface area contributed by atoms with E-state index in [2.05, 4.69) is 24.1 Å². The van der Waals surface area contributed by atoms with Crippen molar-refractivity contribution in [1.82, 2.24) is 15.1 Å². The van der Waals surface area contributed by atoms with Gasteiger partial charge in [0.2, 0.25) is 17.6 Å². The first-order chi connectivity index (χ1) is 21.9. The van der Waals surface area contributed by atoms with Crippen molar-refractivity contribution in [3.05, 3.63) is 71.8 Å². The zero-order valence-corrected chi connectivity index (χ0v) is 27.9. The molecule has 1 fully saturated rings. The van der Waals surface area contributed by atoms with Gasteiger partial charge in [-0.25, -0.2) is 0 Å². The molecule has 248 valence electrons. The van der Waals surface area contributed by atoms with Crippen LogP contribution >= 0.6 is 0 Å². The van der Waals surface area contributed by atoms with Gasteiger partial charge in [0, 0.05) is 75.3 Å². The van der Waals surface area contributed by atoms with E-state index < -0.39 is 35.4 Å². The van der Waals surface area contributed by atoms with E-state index in [4.69, 9.17) is 0 Å². The van der Waals surface area contributed by atoms with Crippen LogP contribution in [0.15, 0.2) is 60.7 Å². The fourth-order valence-electron chi connectivity index (χ4n) is 5.75. The number of benzene rings is 2. The highest BCUT2D eigenvalue weighted by molar-refractivity contribution is 6.38. The molecule has 1 N–H and O–H groups in total. The standard InChI is InChI=1S/C37H49N3O6/c1-25(2)31(36(45)32(41)16-17-35(44)40-20-18-39(19-21-40)26(3)4)24-33(42)27(5)38-37(46)30(22-28-12-8-6-9-13-28)23-34(43)29-14-10-7-11-15-29/h6-15,25-27,30-31H,16-24H2,1-5H3,(H,38,46)/t27-,30+,31-/m0/s1. The van der Waals surface area contributed by atoms with Gasteiger partial charge in [-0.3, -0.25) is 33.7 Å². The van der Waals surface area contributed by atoms with Crippen molar-refractivity contribution >= 4 is 34.9 Å². The summed E-state index contributed by atoms with van der Waals surface area (Å²) >= 11 is 0. The molecule has 2 aromatic rings. The molecule has 3 atom stereocenters. The zero-order chi connectivity index (χ0) is 33.8. The number of hydrogen-bond donors (Lipinski definition) is 1. The smallest absolute Gasteiger partial charge is 0.224 e. The SMILES string of the molecule is CC(C)[C@H](CC(=O)[C@H](C)NC(=O)[C@@H](CC(=O)c1ccccc1)Cc1ccccc1)C(=O)C(=O)CCC(=O)N1CCN(C(C)C)CC1. The Hall–Kier alpha value is -3.98. The normalized spacial score (nSPS) is 15.7. The lowest BCUT2D eigenvalue weighted by Crippen LogP contribution is -2.50. The maximum absolute atomic E-state index is 13.4. The van der Waals surface area contributed by atoms with Crippen LogP contribution in [0.2, 0.25) is 0 Å². The van der Waals surface area contributed by atoms with Crippen LogP contribution in [-0.2, 0) is 30.4 Å². The van der Waals surface area contributed by atoms with Gasteiger partial charge in [0.25, 0.3) is 0 Å². The van der Waals surface area contributed by atoms with Gasteiger partial charge in [-0.1, -0.05) is 74.5 Å². The molecule has 46 heavy (non-hydrogen) atoms. The third-order valence-corrected chi connectivity index (χ3v) is 8.87. The van der Waals surface area contributed by atoms with E-state index in [1.165, 1.54) is 0 Å². The van der Waals surface area contributed by atoms with E-state index in [0.717, 1.165) is 18.7 Å². The van der Waals surface area contributed by atoms with Crippen molar-refractivity contribution < 1.29 is 28.8 Å². The number of Topliss-reactive ketones (excluding diaryl/α,β-unsaturated/α-hetero) is 4. The predicted molar refractivity (Wildman–Crippen MR) is 177 cm³/mol. The molecule has 0 spiro atoms. The lowest BCUT2D eigenvalue weighted by molar-refractivity contribution is -0.142. The Kier molecular flexibility index (Phi) is 14.0. The van der Waals surface area contributed by atoms with Crippen LogP contribution in [0.1, 0.15) is 76.2 Å². The van der Waals surface area contributed by atoms with Crippen LogP contribution in [-0.4, -0.2) is 83.0 Å². The Bertz CT molecular complexity index is 1350. The predicted octanol–water partition coefficient (Wildman–Crippen LogP) is 4.33. The van der Waals surface area contributed by atoms with Crippen molar-refractivity contribution in [3.63, 3.8) is 0 Å². The highest BCUT2D eigenvalue weighted by Crippen LogP contribution is 2.21. The minimum atomic E-state index is -0.923. The summed E-state index contributed by atoms with van der Waals surface area (Å²) in [6.45, 7) is 12.1. The molecule has 0 radical (unpaired) electrons. The molecule has 0 aliphatic carbocycles. The van der Waals surface area contributed by atoms with E-state index in [1.807, 2.05) is 36.4 Å². The van der Waals surface area contributed by atoms with Gasteiger partial charge >= 0.3 is 0 Å². The van der Waals surface area contributed by atoms with Crippen LogP contribution < -0.4 is 5.32 Å². The highest BCUT2D eigenvalue weighted by atomic mass is 16.2. The molecule has 9 heteroatoms. The minimum absolute atomic E-state index is 0.0284. The van der Waals surface area contributed by atoms with Gasteiger partial charge < -0.3 is 10.2 Å². The Morgan fingerprint density at radius 3 is 1.89 bits per heavy atom. The van der Waals surface area contributed by atoms with Gasteiger partial charge in [0.15, 0.2) is 17.3 Å². The molecule has 0 bridgehead atoms. The minimum Gasteiger partial charge on any atom is -0.346 e. The molecule has 0 saturated carbocycles. The van der Waals surface area contributed by atoms with Crippen molar-refractivity contribution in [1.29, 1.82) is 0 Å². The average Bonchev–Trinajstić information content (AvgIpc) is 3.05. The third kappa shape index (κ3) is 10.8. The number of carbonyl (C=O) groups excluding carboxylic acids is 6. The van der Waals surface area contributed by atoms with Gasteiger partial charge in [0.1, 0.15) is 0 Å². The molecule has 2 aromatic carbocycles. The first-order valence-corrected chi connectivity index (χ1v) is 16.4. The molecule has 1 aliphatic rings. The summed E-state index contributed by atoms with van der Waals surface area (Å²) in [6.07, 6.45) is -0.148. The van der Waals surface area contributed by atoms with Crippen molar-refractivity contribution in [2.45, 2.75) is 78.8 Å². The summed E-state index contributed by atoms with van der Waals surface area (Å²) in [5.74, 6) is -4.29. The number of nitrogens with one attached hydrogen (secondary N) is 1. The van der Waals surface area contributed by atoms with Crippen molar-refractivity contribution in [3.8, 4) is 0 Å². The largest absolute Gasteiger partial charge is 0.346 e. The van der Waals surface area contributed by atoms with Crippen LogP contribution in [0, 0.1) is 17.8 Å². The fourth-order valence-corrected chi connectivity index (χ4v) is 5.75. The first-order valence-electron chi connectivity index (χ1n) is 16.4. The third-order valence-electron chi connectivity index (χ3n) is 8.87. The fraction of sp³-hybridized carbons (Fsp3) is 0.514. The second-order valence-corrected chi connectivity index (χ2v) is 12.9. The monoisotopic (exact) mass is 631 g/mol. The first kappa shape index (κ1) is 36.5. The molecular formula is C37H49N3O6. The molecule has 1 aliphatic heterocycles. The van der Waals surface area contributed by atoms with E-state index in [1.54, 1.807) is 49.9 Å². The Morgan fingerprint density at radius 1 is 0.739 bits per heavy atom. The molecular weight excluding hydrogens is 582 g/mol.